The van der Waals surface area contributed by atoms with Crippen LogP contribution >= 0.6 is 0 Å². The zero-order chi connectivity index (χ0) is 24.7. The Hall–Kier alpha value is -2.25. The van der Waals surface area contributed by atoms with Crippen molar-refractivity contribution >= 4 is 5.91 Å². The molecule has 35 heavy (non-hydrogen) atoms. The van der Waals surface area contributed by atoms with Crippen molar-refractivity contribution in [3.05, 3.63) is 35.7 Å². The number of hydrogen-bond donors (Lipinski definition) is 1. The molecular weight excluding hydrogens is 440 g/mol. The van der Waals surface area contributed by atoms with Crippen LogP contribution in [-0.2, 0) is 21.5 Å². The van der Waals surface area contributed by atoms with Crippen LogP contribution in [0.2, 0.25) is 0 Å². The number of nitrogens with zero attached hydrogens (tertiary/aromatic N) is 3. The average Bonchev–Trinajstić information content (AvgIpc) is 3.33. The Labute approximate surface area is 210 Å². The summed E-state index contributed by atoms with van der Waals surface area (Å²) in [7, 11) is 0. The zero-order valence-electron chi connectivity index (χ0n) is 21.7. The molecule has 2 aliphatic rings. The van der Waals surface area contributed by atoms with Gasteiger partial charge in [0.05, 0.1) is 12.6 Å². The molecule has 1 aromatic heterocycles. The highest BCUT2D eigenvalue weighted by molar-refractivity contribution is 5.78. The number of amides is 1. The van der Waals surface area contributed by atoms with Crippen LogP contribution in [0.3, 0.4) is 0 Å². The number of nitrogens with one attached hydrogen (secondary N) is 1. The third-order valence-electron chi connectivity index (χ3n) is 7.32. The Morgan fingerprint density at radius 1 is 1.09 bits per heavy atom. The predicted molar refractivity (Wildman–Crippen MR) is 137 cm³/mol. The molecule has 2 aromatic rings. The second kappa shape index (κ2) is 12.1. The smallest absolute Gasteiger partial charge is 0.241 e. The summed E-state index contributed by atoms with van der Waals surface area (Å²) >= 11 is 0. The molecule has 2 heterocycles. The maximum Gasteiger partial charge on any atom is 0.241 e. The molecule has 7 heteroatoms. The minimum Gasteiger partial charge on any atom is -0.378 e. The Balaban J connectivity index is 1.14. The van der Waals surface area contributed by atoms with Crippen molar-refractivity contribution in [1.82, 2.24) is 20.4 Å². The van der Waals surface area contributed by atoms with Crippen molar-refractivity contribution in [3.8, 4) is 11.4 Å². The Morgan fingerprint density at radius 2 is 1.80 bits per heavy atom. The number of hydrogen-bond acceptors (Lipinski definition) is 6. The molecule has 1 N–H and O–H groups in total. The number of carbonyl (C=O) groups excluding carboxylic acids is 1. The lowest BCUT2D eigenvalue weighted by molar-refractivity contribution is -0.126. The first-order valence-electron chi connectivity index (χ1n) is 13.4. The molecule has 192 valence electrons. The lowest BCUT2D eigenvalue weighted by atomic mass is 9.87. The van der Waals surface area contributed by atoms with Crippen LogP contribution in [0.4, 0.5) is 0 Å². The molecule has 0 unspecified atom stereocenters. The molecule has 4 rings (SSSR count). The van der Waals surface area contributed by atoms with E-state index in [2.05, 4.69) is 65.4 Å². The van der Waals surface area contributed by atoms with Crippen molar-refractivity contribution in [2.45, 2.75) is 90.2 Å². The average molecular weight is 483 g/mol. The Morgan fingerprint density at radius 3 is 2.49 bits per heavy atom. The van der Waals surface area contributed by atoms with Gasteiger partial charge in [-0.3, -0.25) is 9.69 Å². The molecule has 1 saturated heterocycles. The summed E-state index contributed by atoms with van der Waals surface area (Å²) in [6.45, 7) is 10.4. The van der Waals surface area contributed by atoms with E-state index in [0.29, 0.717) is 30.9 Å². The number of piperidine rings is 1. The van der Waals surface area contributed by atoms with Crippen LogP contribution in [0.15, 0.2) is 28.8 Å². The molecule has 2 fully saturated rings. The molecule has 1 aliphatic carbocycles. The highest BCUT2D eigenvalue weighted by Crippen LogP contribution is 2.26. The van der Waals surface area contributed by atoms with Crippen LogP contribution in [0.1, 0.15) is 83.6 Å². The van der Waals surface area contributed by atoms with Crippen LogP contribution in [0.25, 0.3) is 11.4 Å². The van der Waals surface area contributed by atoms with Crippen LogP contribution in [0.5, 0.6) is 0 Å². The maximum atomic E-state index is 12.6. The minimum atomic E-state index is 0.0880. The molecule has 0 bridgehead atoms. The van der Waals surface area contributed by atoms with Crippen molar-refractivity contribution in [2.24, 2.45) is 5.92 Å². The summed E-state index contributed by atoms with van der Waals surface area (Å²) in [5.74, 6) is 1.52. The van der Waals surface area contributed by atoms with Gasteiger partial charge in [-0.05, 0) is 56.2 Å². The number of rotatable bonds is 9. The lowest BCUT2D eigenvalue weighted by Gasteiger charge is -2.30. The third kappa shape index (κ3) is 7.61. The number of benzene rings is 1. The Kier molecular flexibility index (Phi) is 8.95. The van der Waals surface area contributed by atoms with Crippen molar-refractivity contribution < 1.29 is 14.1 Å². The molecular formula is C28H42N4O3. The van der Waals surface area contributed by atoms with E-state index in [-0.39, 0.29) is 17.2 Å². The van der Waals surface area contributed by atoms with E-state index in [1.54, 1.807) is 0 Å². The van der Waals surface area contributed by atoms with E-state index < -0.39 is 0 Å². The normalized spacial score (nSPS) is 18.6. The quantitative estimate of drug-likeness (QED) is 0.501. The second-order valence-corrected chi connectivity index (χ2v) is 11.2. The SMILES string of the molecule is CC(C)(C)c1ccc(-c2noc(CN3CCC(C(=O)NCCCOC4CCCCC4)CC3)n2)cc1. The van der Waals surface area contributed by atoms with Gasteiger partial charge in [-0.25, -0.2) is 0 Å². The molecule has 1 amide bonds. The number of carbonyl (C=O) groups is 1. The van der Waals surface area contributed by atoms with E-state index in [1.807, 2.05) is 0 Å². The third-order valence-corrected chi connectivity index (χ3v) is 7.32. The van der Waals surface area contributed by atoms with Gasteiger partial charge in [-0.15, -0.1) is 0 Å². The first-order chi connectivity index (χ1) is 16.9. The van der Waals surface area contributed by atoms with Crippen LogP contribution in [-0.4, -0.2) is 53.3 Å². The largest absolute Gasteiger partial charge is 0.378 e. The topological polar surface area (TPSA) is 80.5 Å². The van der Waals surface area contributed by atoms with Gasteiger partial charge in [-0.2, -0.15) is 4.98 Å². The second-order valence-electron chi connectivity index (χ2n) is 11.2. The number of likely N-dealkylation sites (tertiary alicyclic amines) is 1. The Bertz CT molecular complexity index is 920. The van der Waals surface area contributed by atoms with Gasteiger partial charge in [-0.1, -0.05) is 69.5 Å². The van der Waals surface area contributed by atoms with E-state index in [9.17, 15) is 4.79 Å². The van der Waals surface area contributed by atoms with Gasteiger partial charge in [0.15, 0.2) is 0 Å². The first kappa shape index (κ1) is 25.8. The van der Waals surface area contributed by atoms with E-state index in [4.69, 9.17) is 9.26 Å². The summed E-state index contributed by atoms with van der Waals surface area (Å²) in [6, 6.07) is 8.37. The summed E-state index contributed by atoms with van der Waals surface area (Å²) in [6.07, 6.45) is 9.36. The highest BCUT2D eigenvalue weighted by atomic mass is 16.5. The summed E-state index contributed by atoms with van der Waals surface area (Å²) in [5, 5.41) is 7.29. The van der Waals surface area contributed by atoms with Gasteiger partial charge >= 0.3 is 0 Å². The number of aromatic nitrogens is 2. The van der Waals surface area contributed by atoms with Crippen LogP contribution in [0, 0.1) is 5.92 Å². The molecule has 7 nitrogen and oxygen atoms in total. The van der Waals surface area contributed by atoms with Gasteiger partial charge < -0.3 is 14.6 Å². The fourth-order valence-electron chi connectivity index (χ4n) is 5.01. The molecule has 1 saturated carbocycles. The predicted octanol–water partition coefficient (Wildman–Crippen LogP) is 5.10. The summed E-state index contributed by atoms with van der Waals surface area (Å²) in [5.41, 5.74) is 2.37. The zero-order valence-corrected chi connectivity index (χ0v) is 21.7. The molecule has 0 atom stereocenters. The summed E-state index contributed by atoms with van der Waals surface area (Å²) in [4.78, 5) is 19.5. The first-order valence-corrected chi connectivity index (χ1v) is 13.4. The fourth-order valence-corrected chi connectivity index (χ4v) is 5.01. The number of ether oxygens (including phenoxy) is 1. The van der Waals surface area contributed by atoms with Gasteiger partial charge in [0, 0.05) is 24.6 Å². The lowest BCUT2D eigenvalue weighted by Crippen LogP contribution is -2.40. The van der Waals surface area contributed by atoms with Crippen molar-refractivity contribution in [3.63, 3.8) is 0 Å². The summed E-state index contributed by atoms with van der Waals surface area (Å²) < 4.78 is 11.5. The van der Waals surface area contributed by atoms with E-state index in [1.165, 1.54) is 37.7 Å². The molecule has 1 aromatic carbocycles. The molecule has 1 aliphatic heterocycles. The molecule has 0 radical (unpaired) electrons. The van der Waals surface area contributed by atoms with Crippen LogP contribution < -0.4 is 5.32 Å². The van der Waals surface area contributed by atoms with E-state index >= 15 is 0 Å². The molecule has 0 spiro atoms. The van der Waals surface area contributed by atoms with Crippen molar-refractivity contribution in [1.29, 1.82) is 0 Å². The van der Waals surface area contributed by atoms with E-state index in [0.717, 1.165) is 44.5 Å². The highest BCUT2D eigenvalue weighted by Gasteiger charge is 2.26. The van der Waals surface area contributed by atoms with Crippen molar-refractivity contribution in [2.75, 3.05) is 26.2 Å². The maximum absolute atomic E-state index is 12.6. The standard InChI is InChI=1S/C28H42N4O3/c1-28(2,3)23-12-10-21(11-13-23)26-30-25(35-31-26)20-32-17-14-22(15-18-32)27(33)29-16-7-19-34-24-8-5-4-6-9-24/h10-13,22,24H,4-9,14-20H2,1-3H3,(H,29,33). The fraction of sp³-hybridized carbons (Fsp3) is 0.679. The van der Waals surface area contributed by atoms with Gasteiger partial charge in [0.25, 0.3) is 0 Å². The minimum absolute atomic E-state index is 0.0880. The van der Waals surface area contributed by atoms with Gasteiger partial charge in [0.1, 0.15) is 0 Å². The van der Waals surface area contributed by atoms with Gasteiger partial charge in [0.2, 0.25) is 17.6 Å². The monoisotopic (exact) mass is 482 g/mol.